The van der Waals surface area contributed by atoms with E-state index in [2.05, 4.69) is 26.2 Å². The Balaban J connectivity index is 2.45. The second kappa shape index (κ2) is 6.26. The van der Waals surface area contributed by atoms with Crippen molar-refractivity contribution < 1.29 is 4.39 Å². The zero-order valence-corrected chi connectivity index (χ0v) is 12.5. The Labute approximate surface area is 121 Å². The highest BCUT2D eigenvalue weighted by Gasteiger charge is 2.18. The molecule has 1 unspecified atom stereocenters. The molecule has 2 aromatic rings. The van der Waals surface area contributed by atoms with Gasteiger partial charge < -0.3 is 5.32 Å². The van der Waals surface area contributed by atoms with Crippen LogP contribution in [0.2, 0.25) is 0 Å². The largest absolute Gasteiger partial charge is 0.306 e. The third-order valence-electron chi connectivity index (χ3n) is 2.97. The second-order valence-corrected chi connectivity index (χ2v) is 5.22. The van der Waals surface area contributed by atoms with Gasteiger partial charge in [-0.3, -0.25) is 4.98 Å². The number of halogens is 2. The summed E-state index contributed by atoms with van der Waals surface area (Å²) in [7, 11) is 0. The summed E-state index contributed by atoms with van der Waals surface area (Å²) in [6.07, 6.45) is 1.79. The highest BCUT2D eigenvalue weighted by Crippen LogP contribution is 2.28. The fourth-order valence-corrected chi connectivity index (χ4v) is 2.39. The monoisotopic (exact) mass is 322 g/mol. The molecule has 2 nitrogen and oxygen atoms in total. The Morgan fingerprint density at radius 1 is 1.32 bits per heavy atom. The van der Waals surface area contributed by atoms with Gasteiger partial charge in [0.05, 0.1) is 10.5 Å². The van der Waals surface area contributed by atoms with Crippen molar-refractivity contribution in [2.45, 2.75) is 19.9 Å². The van der Waals surface area contributed by atoms with Crippen LogP contribution in [0.25, 0.3) is 0 Å². The molecule has 1 aromatic heterocycles. The van der Waals surface area contributed by atoms with Crippen molar-refractivity contribution in [2.24, 2.45) is 0 Å². The third-order valence-corrected chi connectivity index (χ3v) is 3.58. The number of hydrogen-bond acceptors (Lipinski definition) is 2. The molecule has 0 aliphatic heterocycles. The van der Waals surface area contributed by atoms with Crippen LogP contribution >= 0.6 is 15.9 Å². The van der Waals surface area contributed by atoms with Crippen molar-refractivity contribution in [3.63, 3.8) is 0 Å². The molecule has 1 atom stereocenters. The lowest BCUT2D eigenvalue weighted by atomic mass is 9.99. The Morgan fingerprint density at radius 2 is 2.11 bits per heavy atom. The van der Waals surface area contributed by atoms with E-state index in [1.165, 1.54) is 0 Å². The number of benzene rings is 1. The van der Waals surface area contributed by atoms with E-state index in [-0.39, 0.29) is 11.9 Å². The summed E-state index contributed by atoms with van der Waals surface area (Å²) in [4.78, 5) is 4.29. The van der Waals surface area contributed by atoms with Crippen LogP contribution in [-0.4, -0.2) is 11.5 Å². The molecule has 100 valence electrons. The number of pyridine rings is 1. The van der Waals surface area contributed by atoms with E-state index >= 15 is 0 Å². The second-order valence-electron chi connectivity index (χ2n) is 4.37. The van der Waals surface area contributed by atoms with Gasteiger partial charge in [-0.15, -0.1) is 0 Å². The molecule has 0 amide bonds. The highest BCUT2D eigenvalue weighted by molar-refractivity contribution is 9.10. The van der Waals surface area contributed by atoms with E-state index in [0.29, 0.717) is 10.0 Å². The minimum atomic E-state index is -0.228. The van der Waals surface area contributed by atoms with E-state index in [1.807, 2.05) is 32.0 Å². The van der Waals surface area contributed by atoms with E-state index in [4.69, 9.17) is 0 Å². The summed E-state index contributed by atoms with van der Waals surface area (Å²) < 4.78 is 14.7. The SMILES string of the molecule is CCNC(c1ccc(C)nc1)c1cccc(Br)c1F. The molecule has 1 aromatic carbocycles. The molecule has 19 heavy (non-hydrogen) atoms. The summed E-state index contributed by atoms with van der Waals surface area (Å²) >= 11 is 3.23. The van der Waals surface area contributed by atoms with Crippen molar-refractivity contribution in [1.29, 1.82) is 0 Å². The molecule has 0 bridgehead atoms. The van der Waals surface area contributed by atoms with E-state index < -0.39 is 0 Å². The molecule has 1 N–H and O–H groups in total. The lowest BCUT2D eigenvalue weighted by Gasteiger charge is -2.19. The van der Waals surface area contributed by atoms with Crippen LogP contribution in [0.1, 0.15) is 29.8 Å². The summed E-state index contributed by atoms with van der Waals surface area (Å²) in [5, 5.41) is 3.30. The number of aryl methyl sites for hydroxylation is 1. The third kappa shape index (κ3) is 3.19. The van der Waals surface area contributed by atoms with E-state index in [1.54, 1.807) is 18.3 Å². The molecule has 0 radical (unpaired) electrons. The van der Waals surface area contributed by atoms with Crippen LogP contribution in [0.3, 0.4) is 0 Å². The van der Waals surface area contributed by atoms with Crippen molar-refractivity contribution >= 4 is 15.9 Å². The smallest absolute Gasteiger partial charge is 0.142 e. The first kappa shape index (κ1) is 14.2. The molecule has 0 spiro atoms. The van der Waals surface area contributed by atoms with Gasteiger partial charge in [0.25, 0.3) is 0 Å². The average Bonchev–Trinajstić information content (AvgIpc) is 2.41. The molecule has 0 aliphatic carbocycles. The van der Waals surface area contributed by atoms with Gasteiger partial charge in [0, 0.05) is 17.5 Å². The van der Waals surface area contributed by atoms with E-state index in [0.717, 1.165) is 17.8 Å². The van der Waals surface area contributed by atoms with Crippen LogP contribution in [0.4, 0.5) is 4.39 Å². The molecule has 1 heterocycles. The maximum atomic E-state index is 14.2. The first-order chi connectivity index (χ1) is 9.13. The minimum absolute atomic E-state index is 0.185. The first-order valence-electron chi connectivity index (χ1n) is 6.23. The fraction of sp³-hybridized carbons (Fsp3) is 0.267. The number of nitrogens with zero attached hydrogens (tertiary/aromatic N) is 1. The van der Waals surface area contributed by atoms with Crippen molar-refractivity contribution in [3.8, 4) is 0 Å². The lowest BCUT2D eigenvalue weighted by molar-refractivity contribution is 0.554. The molecule has 0 aliphatic rings. The Hall–Kier alpha value is -1.26. The van der Waals surface area contributed by atoms with Gasteiger partial charge in [-0.2, -0.15) is 0 Å². The van der Waals surface area contributed by atoms with Gasteiger partial charge in [-0.25, -0.2) is 4.39 Å². The van der Waals surface area contributed by atoms with Gasteiger partial charge in [0.1, 0.15) is 5.82 Å². The van der Waals surface area contributed by atoms with Crippen molar-refractivity contribution in [2.75, 3.05) is 6.54 Å². The van der Waals surface area contributed by atoms with Crippen LogP contribution in [0, 0.1) is 12.7 Å². The van der Waals surface area contributed by atoms with Gasteiger partial charge >= 0.3 is 0 Å². The number of nitrogens with one attached hydrogen (secondary N) is 1. The molecule has 0 fully saturated rings. The van der Waals surface area contributed by atoms with E-state index in [9.17, 15) is 4.39 Å². The van der Waals surface area contributed by atoms with Gasteiger partial charge in [-0.1, -0.05) is 25.1 Å². The quantitative estimate of drug-likeness (QED) is 0.920. The minimum Gasteiger partial charge on any atom is -0.306 e. The van der Waals surface area contributed by atoms with Gasteiger partial charge in [0.2, 0.25) is 0 Å². The topological polar surface area (TPSA) is 24.9 Å². The highest BCUT2D eigenvalue weighted by atomic mass is 79.9. The molecule has 4 heteroatoms. The van der Waals surface area contributed by atoms with Crippen molar-refractivity contribution in [1.82, 2.24) is 10.3 Å². The van der Waals surface area contributed by atoms with Crippen LogP contribution in [0.15, 0.2) is 41.0 Å². The summed E-state index contributed by atoms with van der Waals surface area (Å²) in [6.45, 7) is 4.70. The van der Waals surface area contributed by atoms with Crippen LogP contribution in [-0.2, 0) is 0 Å². The van der Waals surface area contributed by atoms with Crippen LogP contribution in [0.5, 0.6) is 0 Å². The molecular weight excluding hydrogens is 307 g/mol. The Bertz CT molecular complexity index is 555. The number of rotatable bonds is 4. The maximum absolute atomic E-state index is 14.2. The van der Waals surface area contributed by atoms with Crippen molar-refractivity contribution in [3.05, 3.63) is 63.6 Å². The average molecular weight is 323 g/mol. The predicted octanol–water partition coefficient (Wildman–Crippen LogP) is 3.99. The maximum Gasteiger partial charge on any atom is 0.142 e. The summed E-state index contributed by atoms with van der Waals surface area (Å²) in [5.41, 5.74) is 2.54. The number of hydrogen-bond donors (Lipinski definition) is 1. The Kier molecular flexibility index (Phi) is 4.66. The van der Waals surface area contributed by atoms with Crippen LogP contribution < -0.4 is 5.32 Å². The molecule has 2 rings (SSSR count). The standard InChI is InChI=1S/C15H16BrFN2/c1-3-18-15(11-8-7-10(2)19-9-11)12-5-4-6-13(16)14(12)17/h4-9,15,18H,3H2,1-2H3. The zero-order valence-electron chi connectivity index (χ0n) is 11.0. The molecule has 0 saturated carbocycles. The normalized spacial score (nSPS) is 12.4. The first-order valence-corrected chi connectivity index (χ1v) is 7.02. The van der Waals surface area contributed by atoms with Gasteiger partial charge in [-0.05, 0) is 47.1 Å². The summed E-state index contributed by atoms with van der Waals surface area (Å²) in [6, 6.07) is 9.08. The molecule has 0 saturated heterocycles. The summed E-state index contributed by atoms with van der Waals surface area (Å²) in [5.74, 6) is -0.228. The zero-order chi connectivity index (χ0) is 13.8. The lowest BCUT2D eigenvalue weighted by Crippen LogP contribution is -2.23. The molecular formula is C15H16BrFN2. The number of aromatic nitrogens is 1. The van der Waals surface area contributed by atoms with Gasteiger partial charge in [0.15, 0.2) is 0 Å². The Morgan fingerprint density at radius 3 is 2.74 bits per heavy atom. The fourth-order valence-electron chi connectivity index (χ4n) is 2.00. The predicted molar refractivity (Wildman–Crippen MR) is 78.6 cm³/mol.